The molecule has 0 heterocycles. The molecule has 2 aromatic rings. The number of nitrogens with one attached hydrogen (secondary N) is 1. The molecule has 94 valence electrons. The summed E-state index contributed by atoms with van der Waals surface area (Å²) >= 11 is 0. The van der Waals surface area contributed by atoms with E-state index >= 15 is 0 Å². The highest BCUT2D eigenvalue weighted by Crippen LogP contribution is 2.49. The van der Waals surface area contributed by atoms with Crippen LogP contribution < -0.4 is 5.32 Å². The third-order valence-electron chi connectivity index (χ3n) is 3.73. The molecule has 1 fully saturated rings. The molecule has 0 radical (unpaired) electrons. The Kier molecular flexibility index (Phi) is 3.20. The molecule has 0 aromatic heterocycles. The third kappa shape index (κ3) is 2.61. The van der Waals surface area contributed by atoms with E-state index in [9.17, 15) is 5.26 Å². The van der Waals surface area contributed by atoms with Gasteiger partial charge in [-0.3, -0.25) is 0 Å². The molecule has 1 saturated carbocycles. The lowest BCUT2D eigenvalue weighted by Gasteiger charge is -2.12. The van der Waals surface area contributed by atoms with Crippen LogP contribution in [0.25, 0.3) is 0 Å². The van der Waals surface area contributed by atoms with Crippen molar-refractivity contribution < 1.29 is 0 Å². The summed E-state index contributed by atoms with van der Waals surface area (Å²) in [6.45, 7) is 0. The molecular formula is C17H16N2. The van der Waals surface area contributed by atoms with Crippen LogP contribution in [0, 0.1) is 17.2 Å². The van der Waals surface area contributed by atoms with Gasteiger partial charge in [-0.15, -0.1) is 0 Å². The van der Waals surface area contributed by atoms with E-state index in [0.717, 1.165) is 12.1 Å². The zero-order chi connectivity index (χ0) is 13.1. The second-order valence-electron chi connectivity index (χ2n) is 5.03. The highest BCUT2D eigenvalue weighted by Gasteiger charge is 2.44. The van der Waals surface area contributed by atoms with Gasteiger partial charge in [-0.1, -0.05) is 48.5 Å². The summed E-state index contributed by atoms with van der Waals surface area (Å²) in [6.07, 6.45) is 1.10. The predicted octanol–water partition coefficient (Wildman–Crippen LogP) is 3.79. The van der Waals surface area contributed by atoms with Gasteiger partial charge in [0, 0.05) is 5.69 Å². The minimum absolute atomic E-state index is 0.104. The molecule has 2 nitrogen and oxygen atoms in total. The first-order chi connectivity index (χ1) is 9.38. The van der Waals surface area contributed by atoms with Crippen molar-refractivity contribution in [3.63, 3.8) is 0 Å². The maximum absolute atomic E-state index is 9.35. The fourth-order valence-corrected chi connectivity index (χ4v) is 2.62. The van der Waals surface area contributed by atoms with Gasteiger partial charge in [-0.2, -0.15) is 5.26 Å². The molecular weight excluding hydrogens is 232 g/mol. The fourth-order valence-electron chi connectivity index (χ4n) is 2.62. The molecule has 3 rings (SSSR count). The normalized spacial score (nSPS) is 22.3. The van der Waals surface area contributed by atoms with Crippen LogP contribution in [0.3, 0.4) is 0 Å². The highest BCUT2D eigenvalue weighted by atomic mass is 14.9. The van der Waals surface area contributed by atoms with Gasteiger partial charge >= 0.3 is 0 Å². The maximum Gasteiger partial charge on any atom is 0.117 e. The Labute approximate surface area is 113 Å². The van der Waals surface area contributed by atoms with E-state index in [2.05, 4.69) is 35.7 Å². The molecule has 1 N–H and O–H groups in total. The summed E-state index contributed by atoms with van der Waals surface area (Å²) in [7, 11) is 0. The SMILES string of the molecule is N#C[C@@H](Nc1ccccc1)[C@H]1C[C@H]1c1ccccc1. The van der Waals surface area contributed by atoms with Gasteiger partial charge in [0.25, 0.3) is 0 Å². The lowest BCUT2D eigenvalue weighted by atomic mass is 10.1. The van der Waals surface area contributed by atoms with Crippen LogP contribution in [0.4, 0.5) is 5.69 Å². The molecule has 19 heavy (non-hydrogen) atoms. The summed E-state index contributed by atoms with van der Waals surface area (Å²) in [5.74, 6) is 0.953. The molecule has 0 bridgehead atoms. The lowest BCUT2D eigenvalue weighted by Crippen LogP contribution is -2.20. The van der Waals surface area contributed by atoms with E-state index in [1.165, 1.54) is 5.56 Å². The Bertz CT molecular complexity index is 571. The number of hydrogen-bond donors (Lipinski definition) is 1. The van der Waals surface area contributed by atoms with Gasteiger partial charge < -0.3 is 5.32 Å². The molecule has 3 atom stereocenters. The van der Waals surface area contributed by atoms with Crippen molar-refractivity contribution in [1.82, 2.24) is 0 Å². The van der Waals surface area contributed by atoms with Gasteiger partial charge in [-0.25, -0.2) is 0 Å². The average molecular weight is 248 g/mol. The van der Waals surface area contributed by atoms with Gasteiger partial charge in [-0.05, 0) is 36.0 Å². The summed E-state index contributed by atoms with van der Waals surface area (Å²) in [6, 6.07) is 22.7. The first-order valence-electron chi connectivity index (χ1n) is 6.64. The molecule has 2 aromatic carbocycles. The number of para-hydroxylation sites is 1. The zero-order valence-corrected chi connectivity index (χ0v) is 10.7. The van der Waals surface area contributed by atoms with Crippen LogP contribution in [0.15, 0.2) is 60.7 Å². The van der Waals surface area contributed by atoms with Crippen molar-refractivity contribution in [2.45, 2.75) is 18.4 Å². The van der Waals surface area contributed by atoms with E-state index < -0.39 is 0 Å². The Morgan fingerprint density at radius 2 is 1.63 bits per heavy atom. The minimum atomic E-state index is -0.104. The predicted molar refractivity (Wildman–Crippen MR) is 76.8 cm³/mol. The Hall–Kier alpha value is -2.27. The van der Waals surface area contributed by atoms with E-state index in [1.54, 1.807) is 0 Å². The second kappa shape index (κ2) is 5.16. The number of rotatable bonds is 4. The molecule has 0 saturated heterocycles. The highest BCUT2D eigenvalue weighted by molar-refractivity contribution is 5.46. The van der Waals surface area contributed by atoms with Crippen molar-refractivity contribution in [1.29, 1.82) is 5.26 Å². The van der Waals surface area contributed by atoms with Gasteiger partial charge in [0.1, 0.15) is 6.04 Å². The second-order valence-corrected chi connectivity index (χ2v) is 5.03. The van der Waals surface area contributed by atoms with Gasteiger partial charge in [0.05, 0.1) is 6.07 Å². The summed E-state index contributed by atoms with van der Waals surface area (Å²) in [5.41, 5.74) is 2.37. The van der Waals surface area contributed by atoms with Crippen LogP contribution in [-0.2, 0) is 0 Å². The van der Waals surface area contributed by atoms with Crippen LogP contribution >= 0.6 is 0 Å². The third-order valence-corrected chi connectivity index (χ3v) is 3.73. The largest absolute Gasteiger partial charge is 0.370 e. The van der Waals surface area contributed by atoms with Crippen LogP contribution in [0.5, 0.6) is 0 Å². The van der Waals surface area contributed by atoms with E-state index in [0.29, 0.717) is 11.8 Å². The van der Waals surface area contributed by atoms with E-state index in [4.69, 9.17) is 0 Å². The van der Waals surface area contributed by atoms with Crippen molar-refractivity contribution in [3.8, 4) is 6.07 Å². The van der Waals surface area contributed by atoms with E-state index in [-0.39, 0.29) is 6.04 Å². The Morgan fingerprint density at radius 1 is 1.00 bits per heavy atom. The number of nitriles is 1. The molecule has 2 heteroatoms. The standard InChI is InChI=1S/C17H16N2/c18-12-17(19-14-9-5-2-6-10-14)16-11-15(16)13-7-3-1-4-8-13/h1-10,15-17,19H,11H2/t15-,16-,17+/m0/s1. The summed E-state index contributed by atoms with van der Waals surface area (Å²) < 4.78 is 0. The van der Waals surface area contributed by atoms with Crippen LogP contribution in [-0.4, -0.2) is 6.04 Å². The Morgan fingerprint density at radius 3 is 2.26 bits per heavy atom. The van der Waals surface area contributed by atoms with Gasteiger partial charge in [0.2, 0.25) is 0 Å². The van der Waals surface area contributed by atoms with E-state index in [1.807, 2.05) is 36.4 Å². The van der Waals surface area contributed by atoms with Crippen molar-refractivity contribution in [2.75, 3.05) is 5.32 Å². The first kappa shape index (κ1) is 11.8. The molecule has 1 aliphatic rings. The number of nitrogens with zero attached hydrogens (tertiary/aromatic N) is 1. The van der Waals surface area contributed by atoms with Crippen LogP contribution in [0.2, 0.25) is 0 Å². The lowest BCUT2D eigenvalue weighted by molar-refractivity contribution is 0.739. The molecule has 0 amide bonds. The summed E-state index contributed by atoms with van der Waals surface area (Å²) in [4.78, 5) is 0. The van der Waals surface area contributed by atoms with Crippen LogP contribution in [0.1, 0.15) is 17.9 Å². The van der Waals surface area contributed by atoms with Crippen molar-refractivity contribution >= 4 is 5.69 Å². The minimum Gasteiger partial charge on any atom is -0.370 e. The number of benzene rings is 2. The van der Waals surface area contributed by atoms with Gasteiger partial charge in [0.15, 0.2) is 0 Å². The molecule has 1 aliphatic carbocycles. The maximum atomic E-state index is 9.35. The number of hydrogen-bond acceptors (Lipinski definition) is 2. The van der Waals surface area contributed by atoms with Crippen molar-refractivity contribution in [2.24, 2.45) is 5.92 Å². The Balaban J connectivity index is 1.68. The summed E-state index contributed by atoms with van der Waals surface area (Å²) in [5, 5.41) is 12.7. The number of anilines is 1. The monoisotopic (exact) mass is 248 g/mol. The first-order valence-corrected chi connectivity index (χ1v) is 6.64. The smallest absolute Gasteiger partial charge is 0.117 e. The quantitative estimate of drug-likeness (QED) is 0.893. The topological polar surface area (TPSA) is 35.8 Å². The molecule has 0 aliphatic heterocycles. The fraction of sp³-hybridized carbons (Fsp3) is 0.235. The molecule has 0 spiro atoms. The molecule has 0 unspecified atom stereocenters. The average Bonchev–Trinajstić information content (AvgIpc) is 3.27. The van der Waals surface area contributed by atoms with Crippen molar-refractivity contribution in [3.05, 3.63) is 66.2 Å². The zero-order valence-electron chi connectivity index (χ0n) is 10.7.